The van der Waals surface area contributed by atoms with E-state index in [-0.39, 0.29) is 5.78 Å². The van der Waals surface area contributed by atoms with Crippen LogP contribution in [0.1, 0.15) is 48.0 Å². The first kappa shape index (κ1) is 18.8. The Kier molecular flexibility index (Phi) is 5.77. The number of fused-ring (bicyclic) bond motifs is 1. The first-order valence-electron chi connectivity index (χ1n) is 10.3. The second-order valence-electron chi connectivity index (χ2n) is 7.58. The standard InChI is InChI=1S/C24H28N2O2/c1-2-26-14-11-18(12-15-26)22-17-28-24-9-8-20(16-21(22)24)25-13-10-23(27)19-6-4-3-5-7-19/h3-9,16-18,25H,2,10-15H2,1H3. The van der Waals surface area contributed by atoms with Gasteiger partial charge in [-0.15, -0.1) is 0 Å². The number of furan rings is 1. The molecule has 1 aliphatic rings. The molecule has 2 heterocycles. The summed E-state index contributed by atoms with van der Waals surface area (Å²) in [7, 11) is 0. The van der Waals surface area contributed by atoms with Gasteiger partial charge in [0.05, 0.1) is 6.26 Å². The van der Waals surface area contributed by atoms with Crippen molar-refractivity contribution in [3.05, 3.63) is 65.9 Å². The molecule has 1 N–H and O–H groups in total. The van der Waals surface area contributed by atoms with Crippen LogP contribution in [0.3, 0.4) is 0 Å². The number of carbonyl (C=O) groups is 1. The number of ketones is 1. The van der Waals surface area contributed by atoms with Crippen molar-refractivity contribution in [2.24, 2.45) is 0 Å². The average molecular weight is 377 g/mol. The lowest BCUT2D eigenvalue weighted by molar-refractivity contribution is 0.0986. The van der Waals surface area contributed by atoms with E-state index in [2.05, 4.69) is 23.2 Å². The number of anilines is 1. The highest BCUT2D eigenvalue weighted by Gasteiger charge is 2.23. The molecular weight excluding hydrogens is 348 g/mol. The molecule has 3 aromatic rings. The molecule has 0 unspecified atom stereocenters. The van der Waals surface area contributed by atoms with Gasteiger partial charge in [-0.25, -0.2) is 0 Å². The molecule has 0 amide bonds. The van der Waals surface area contributed by atoms with E-state index in [1.54, 1.807) is 0 Å². The van der Waals surface area contributed by atoms with E-state index in [9.17, 15) is 4.79 Å². The SMILES string of the molecule is CCN1CCC(c2coc3ccc(NCCC(=O)c4ccccc4)cc23)CC1. The van der Waals surface area contributed by atoms with E-state index in [0.717, 1.165) is 36.5 Å². The molecule has 0 spiro atoms. The molecule has 0 bridgehead atoms. The van der Waals surface area contributed by atoms with Gasteiger partial charge >= 0.3 is 0 Å². The lowest BCUT2D eigenvalue weighted by Gasteiger charge is -2.30. The summed E-state index contributed by atoms with van der Waals surface area (Å²) in [6.07, 6.45) is 4.80. The molecule has 4 heteroatoms. The molecule has 4 nitrogen and oxygen atoms in total. The summed E-state index contributed by atoms with van der Waals surface area (Å²) in [5.41, 5.74) is 4.09. The Morgan fingerprint density at radius 2 is 1.93 bits per heavy atom. The molecule has 0 radical (unpaired) electrons. The number of hydrogen-bond donors (Lipinski definition) is 1. The Hall–Kier alpha value is -2.59. The zero-order chi connectivity index (χ0) is 19.3. The molecule has 0 atom stereocenters. The zero-order valence-electron chi connectivity index (χ0n) is 16.5. The number of hydrogen-bond acceptors (Lipinski definition) is 4. The summed E-state index contributed by atoms with van der Waals surface area (Å²) in [6, 6.07) is 15.7. The number of carbonyl (C=O) groups excluding carboxylic acids is 1. The fourth-order valence-corrected chi connectivity index (χ4v) is 4.12. The third-order valence-electron chi connectivity index (χ3n) is 5.85. The zero-order valence-corrected chi connectivity index (χ0v) is 16.5. The van der Waals surface area contributed by atoms with Gasteiger partial charge in [0, 0.05) is 35.2 Å². The largest absolute Gasteiger partial charge is 0.464 e. The second-order valence-corrected chi connectivity index (χ2v) is 7.58. The molecule has 1 saturated heterocycles. The van der Waals surface area contributed by atoms with Crippen LogP contribution in [0.25, 0.3) is 11.0 Å². The normalized spacial score (nSPS) is 15.8. The van der Waals surface area contributed by atoms with Gasteiger partial charge in [0.2, 0.25) is 0 Å². The number of piperidine rings is 1. The summed E-state index contributed by atoms with van der Waals surface area (Å²) in [4.78, 5) is 14.8. The number of nitrogens with one attached hydrogen (secondary N) is 1. The van der Waals surface area contributed by atoms with Crippen LogP contribution in [0.2, 0.25) is 0 Å². The Morgan fingerprint density at radius 3 is 2.68 bits per heavy atom. The highest BCUT2D eigenvalue weighted by Crippen LogP contribution is 2.35. The minimum atomic E-state index is 0.167. The lowest BCUT2D eigenvalue weighted by atomic mass is 9.89. The fourth-order valence-electron chi connectivity index (χ4n) is 4.12. The Balaban J connectivity index is 1.41. The summed E-state index contributed by atoms with van der Waals surface area (Å²) in [6.45, 7) is 6.31. The second kappa shape index (κ2) is 8.61. The first-order chi connectivity index (χ1) is 13.7. The molecule has 1 aliphatic heterocycles. The Morgan fingerprint density at radius 1 is 1.14 bits per heavy atom. The van der Waals surface area contributed by atoms with E-state index in [0.29, 0.717) is 18.9 Å². The summed E-state index contributed by atoms with van der Waals surface area (Å²) < 4.78 is 5.82. The predicted molar refractivity (Wildman–Crippen MR) is 114 cm³/mol. The maximum atomic E-state index is 12.3. The molecule has 0 aliphatic carbocycles. The minimum Gasteiger partial charge on any atom is -0.464 e. The van der Waals surface area contributed by atoms with Crippen molar-refractivity contribution in [1.29, 1.82) is 0 Å². The van der Waals surface area contributed by atoms with Crippen molar-refractivity contribution in [1.82, 2.24) is 4.90 Å². The van der Waals surface area contributed by atoms with Gasteiger partial charge in [-0.05, 0) is 56.6 Å². The summed E-state index contributed by atoms with van der Waals surface area (Å²) >= 11 is 0. The van der Waals surface area contributed by atoms with E-state index in [4.69, 9.17) is 4.42 Å². The monoisotopic (exact) mass is 376 g/mol. The van der Waals surface area contributed by atoms with Gasteiger partial charge in [0.25, 0.3) is 0 Å². The van der Waals surface area contributed by atoms with Crippen LogP contribution in [-0.2, 0) is 0 Å². The van der Waals surface area contributed by atoms with Crippen LogP contribution in [0.5, 0.6) is 0 Å². The van der Waals surface area contributed by atoms with Crippen molar-refractivity contribution in [3.8, 4) is 0 Å². The molecule has 1 aromatic heterocycles. The van der Waals surface area contributed by atoms with E-state index < -0.39 is 0 Å². The number of Topliss-reactive ketones (excluding diaryl/α,β-unsaturated/α-hetero) is 1. The highest BCUT2D eigenvalue weighted by molar-refractivity contribution is 5.96. The van der Waals surface area contributed by atoms with E-state index >= 15 is 0 Å². The molecule has 4 rings (SSSR count). The van der Waals surface area contributed by atoms with Gasteiger partial charge in [-0.1, -0.05) is 37.3 Å². The van der Waals surface area contributed by atoms with Crippen molar-refractivity contribution in [3.63, 3.8) is 0 Å². The third kappa shape index (κ3) is 4.12. The summed E-state index contributed by atoms with van der Waals surface area (Å²) in [5, 5.41) is 4.61. The first-order valence-corrected chi connectivity index (χ1v) is 10.3. The van der Waals surface area contributed by atoms with Crippen molar-refractivity contribution >= 4 is 22.4 Å². The van der Waals surface area contributed by atoms with E-state index in [1.165, 1.54) is 23.8 Å². The minimum absolute atomic E-state index is 0.167. The number of rotatable bonds is 7. The lowest BCUT2D eigenvalue weighted by Crippen LogP contribution is -2.32. The quantitative estimate of drug-likeness (QED) is 0.567. The van der Waals surface area contributed by atoms with Crippen molar-refractivity contribution in [2.45, 2.75) is 32.1 Å². The van der Waals surface area contributed by atoms with Crippen LogP contribution in [0, 0.1) is 0 Å². The van der Waals surface area contributed by atoms with Crippen LogP contribution < -0.4 is 5.32 Å². The Bertz CT molecular complexity index is 924. The van der Waals surface area contributed by atoms with Crippen LogP contribution in [-0.4, -0.2) is 36.9 Å². The highest BCUT2D eigenvalue weighted by atomic mass is 16.3. The van der Waals surface area contributed by atoms with Gasteiger partial charge in [0.15, 0.2) is 5.78 Å². The smallest absolute Gasteiger partial charge is 0.164 e. The maximum Gasteiger partial charge on any atom is 0.164 e. The van der Waals surface area contributed by atoms with Gasteiger partial charge in [0.1, 0.15) is 5.58 Å². The molecule has 146 valence electrons. The number of likely N-dealkylation sites (tertiary alicyclic amines) is 1. The van der Waals surface area contributed by atoms with Crippen LogP contribution >= 0.6 is 0 Å². The van der Waals surface area contributed by atoms with Crippen LogP contribution in [0.4, 0.5) is 5.69 Å². The number of benzene rings is 2. The molecule has 28 heavy (non-hydrogen) atoms. The number of nitrogens with zero attached hydrogens (tertiary/aromatic N) is 1. The average Bonchev–Trinajstić information content (AvgIpc) is 3.17. The van der Waals surface area contributed by atoms with Crippen molar-refractivity contribution in [2.75, 3.05) is 31.5 Å². The molecule has 2 aromatic carbocycles. The maximum absolute atomic E-state index is 12.3. The van der Waals surface area contributed by atoms with Gasteiger partial charge < -0.3 is 14.6 Å². The third-order valence-corrected chi connectivity index (χ3v) is 5.85. The fraction of sp³-hybridized carbons (Fsp3) is 0.375. The Labute approximate surface area is 166 Å². The van der Waals surface area contributed by atoms with Crippen molar-refractivity contribution < 1.29 is 9.21 Å². The summed E-state index contributed by atoms with van der Waals surface area (Å²) in [5.74, 6) is 0.736. The molecular formula is C24H28N2O2. The van der Waals surface area contributed by atoms with Crippen LogP contribution in [0.15, 0.2) is 59.2 Å². The van der Waals surface area contributed by atoms with E-state index in [1.807, 2.05) is 48.7 Å². The molecule has 1 fully saturated rings. The predicted octanol–water partition coefficient (Wildman–Crippen LogP) is 5.32. The topological polar surface area (TPSA) is 45.5 Å². The molecule has 0 saturated carbocycles. The van der Waals surface area contributed by atoms with Gasteiger partial charge in [-0.3, -0.25) is 4.79 Å². The van der Waals surface area contributed by atoms with Gasteiger partial charge in [-0.2, -0.15) is 0 Å².